The molecule has 2 aromatic carbocycles. The molecule has 0 aliphatic heterocycles. The van der Waals surface area contributed by atoms with Crippen LogP contribution >= 0.6 is 11.6 Å². The normalized spacial score (nSPS) is 11.3. The van der Waals surface area contributed by atoms with Crippen molar-refractivity contribution in [1.29, 1.82) is 0 Å². The van der Waals surface area contributed by atoms with Gasteiger partial charge in [0.2, 0.25) is 0 Å². The second kappa shape index (κ2) is 11.8. The van der Waals surface area contributed by atoms with Crippen LogP contribution in [0, 0.1) is 12.7 Å². The van der Waals surface area contributed by atoms with Gasteiger partial charge in [0.05, 0.1) is 28.0 Å². The molecule has 0 unspecified atom stereocenters. The number of carbonyl (C=O) groups is 3. The third-order valence-corrected chi connectivity index (χ3v) is 5.11. The maximum atomic E-state index is 13.5. The summed E-state index contributed by atoms with van der Waals surface area (Å²) in [5.74, 6) is -4.67. The molecule has 204 valence electrons. The Balaban J connectivity index is 1.87. The second-order valence-electron chi connectivity index (χ2n) is 7.64. The predicted octanol–water partition coefficient (Wildman–Crippen LogP) is 4.55. The number of aromatic nitrogens is 2. The van der Waals surface area contributed by atoms with Crippen LogP contribution in [0.15, 0.2) is 59.5 Å². The first-order valence-corrected chi connectivity index (χ1v) is 10.9. The number of benzene rings is 2. The van der Waals surface area contributed by atoms with E-state index in [1.165, 1.54) is 13.0 Å². The zero-order valence-electron chi connectivity index (χ0n) is 19.6. The topological polar surface area (TPSA) is 137 Å². The van der Waals surface area contributed by atoms with Gasteiger partial charge in [-0.25, -0.2) is 14.0 Å². The van der Waals surface area contributed by atoms with E-state index in [2.05, 4.69) is 15.2 Å². The number of anilines is 1. The number of aliphatic carboxylic acids is 1. The number of ether oxygens (including phenoxy) is 2. The molecule has 0 aliphatic rings. The SMILES string of the molecule is Cc1cc(F)ccc1Oc1cc(C(F)(F)F)c(Cl)cc1C(=O)Nc1cnn(COC(=O)/C=C/C(=O)O)c(=O)c1. The average Bonchev–Trinajstić information content (AvgIpc) is 2.83. The average molecular weight is 570 g/mol. The minimum Gasteiger partial charge on any atom is -0.478 e. The van der Waals surface area contributed by atoms with Crippen molar-refractivity contribution < 1.29 is 46.5 Å². The fraction of sp³-hybridized carbons (Fsp3) is 0.125. The highest BCUT2D eigenvalue weighted by Crippen LogP contribution is 2.40. The van der Waals surface area contributed by atoms with Gasteiger partial charge in [-0.05, 0) is 42.8 Å². The molecule has 1 heterocycles. The fourth-order valence-electron chi connectivity index (χ4n) is 2.99. The van der Waals surface area contributed by atoms with Gasteiger partial charge in [0.1, 0.15) is 17.3 Å². The van der Waals surface area contributed by atoms with E-state index in [1.54, 1.807) is 0 Å². The van der Waals surface area contributed by atoms with Crippen molar-refractivity contribution in [2.75, 3.05) is 5.32 Å². The number of halogens is 5. The molecule has 0 saturated heterocycles. The number of carbonyl (C=O) groups excluding carboxylic acids is 2. The number of rotatable bonds is 8. The first-order chi connectivity index (χ1) is 18.2. The summed E-state index contributed by atoms with van der Waals surface area (Å²) in [6.07, 6.45) is -2.76. The number of nitrogens with zero attached hydrogens (tertiary/aromatic N) is 2. The molecule has 1 aromatic heterocycles. The Morgan fingerprint density at radius 2 is 1.85 bits per heavy atom. The Hall–Kier alpha value is -4.72. The highest BCUT2D eigenvalue weighted by Gasteiger charge is 2.35. The van der Waals surface area contributed by atoms with Crippen LogP contribution in [0.25, 0.3) is 0 Å². The van der Waals surface area contributed by atoms with Gasteiger partial charge in [-0.15, -0.1) is 0 Å². The molecular formula is C24H16ClF4N3O7. The molecule has 0 fully saturated rings. The van der Waals surface area contributed by atoms with Crippen LogP contribution < -0.4 is 15.6 Å². The summed E-state index contributed by atoms with van der Waals surface area (Å²) in [6.45, 7) is 0.762. The lowest BCUT2D eigenvalue weighted by Crippen LogP contribution is -2.25. The van der Waals surface area contributed by atoms with E-state index in [0.717, 1.165) is 30.5 Å². The number of esters is 1. The molecule has 15 heteroatoms. The van der Waals surface area contributed by atoms with Gasteiger partial charge in [0, 0.05) is 18.2 Å². The summed E-state index contributed by atoms with van der Waals surface area (Å²) in [4.78, 5) is 47.1. The molecule has 0 spiro atoms. The lowest BCUT2D eigenvalue weighted by Gasteiger charge is -2.17. The molecule has 10 nitrogen and oxygen atoms in total. The summed E-state index contributed by atoms with van der Waals surface area (Å²) in [7, 11) is 0. The summed E-state index contributed by atoms with van der Waals surface area (Å²) >= 11 is 5.78. The van der Waals surface area contributed by atoms with Crippen molar-refractivity contribution in [1.82, 2.24) is 9.78 Å². The number of amides is 1. The second-order valence-corrected chi connectivity index (χ2v) is 8.05. The number of hydrogen-bond acceptors (Lipinski definition) is 7. The van der Waals surface area contributed by atoms with Crippen molar-refractivity contribution >= 4 is 35.1 Å². The number of alkyl halides is 3. The quantitative estimate of drug-likeness (QED) is 0.229. The van der Waals surface area contributed by atoms with Crippen molar-refractivity contribution in [2.45, 2.75) is 19.8 Å². The third kappa shape index (κ3) is 7.64. The number of carboxylic acids is 1. The number of aryl methyl sites for hydroxylation is 1. The largest absolute Gasteiger partial charge is 0.478 e. The molecular weight excluding hydrogens is 554 g/mol. The summed E-state index contributed by atoms with van der Waals surface area (Å²) in [5.41, 5.74) is -2.53. The molecule has 3 rings (SSSR count). The smallest absolute Gasteiger partial charge is 0.417 e. The molecule has 1 amide bonds. The van der Waals surface area contributed by atoms with Gasteiger partial charge in [-0.1, -0.05) is 11.6 Å². The third-order valence-electron chi connectivity index (χ3n) is 4.79. The van der Waals surface area contributed by atoms with Crippen LogP contribution in [0.4, 0.5) is 23.2 Å². The van der Waals surface area contributed by atoms with Crippen molar-refractivity contribution in [3.8, 4) is 11.5 Å². The molecule has 0 radical (unpaired) electrons. The van der Waals surface area contributed by atoms with E-state index in [1.807, 2.05) is 0 Å². The van der Waals surface area contributed by atoms with E-state index in [9.17, 15) is 36.7 Å². The van der Waals surface area contributed by atoms with E-state index >= 15 is 0 Å². The maximum Gasteiger partial charge on any atom is 0.417 e. The minimum absolute atomic E-state index is 0.0297. The Morgan fingerprint density at radius 3 is 2.46 bits per heavy atom. The van der Waals surface area contributed by atoms with Crippen LogP contribution in [-0.2, 0) is 27.2 Å². The van der Waals surface area contributed by atoms with Gasteiger partial charge < -0.3 is 19.9 Å². The first kappa shape index (κ1) is 28.8. The molecule has 3 aromatic rings. The Labute approximate surface area is 221 Å². The molecule has 0 bridgehead atoms. The first-order valence-electron chi connectivity index (χ1n) is 10.6. The Kier molecular flexibility index (Phi) is 8.71. The zero-order valence-corrected chi connectivity index (χ0v) is 20.3. The van der Waals surface area contributed by atoms with E-state index in [0.29, 0.717) is 22.9 Å². The standard InChI is InChI=1S/C24H16ClF4N3O7/c1-12-6-13(26)2-3-18(12)39-19-9-16(24(27,28)29)17(25)8-15(19)23(37)31-14-7-20(33)32(30-10-14)11-38-22(36)5-4-21(34)35/h2-10H,11H2,1H3,(H,31,37)(H,34,35)/b5-4+. The molecule has 0 saturated carbocycles. The van der Waals surface area contributed by atoms with Gasteiger partial charge in [0.25, 0.3) is 11.5 Å². The lowest BCUT2D eigenvalue weighted by molar-refractivity contribution is -0.142. The van der Waals surface area contributed by atoms with E-state index in [-0.39, 0.29) is 17.0 Å². The van der Waals surface area contributed by atoms with Gasteiger partial charge in [-0.3, -0.25) is 9.59 Å². The molecule has 2 N–H and O–H groups in total. The lowest BCUT2D eigenvalue weighted by atomic mass is 10.1. The van der Waals surface area contributed by atoms with Crippen LogP contribution in [0.3, 0.4) is 0 Å². The van der Waals surface area contributed by atoms with Crippen molar-refractivity contribution in [2.24, 2.45) is 0 Å². The van der Waals surface area contributed by atoms with Gasteiger partial charge >= 0.3 is 18.1 Å². The summed E-state index contributed by atoms with van der Waals surface area (Å²) in [6, 6.07) is 5.39. The molecule has 0 atom stereocenters. The van der Waals surface area contributed by atoms with E-state index in [4.69, 9.17) is 21.4 Å². The fourth-order valence-corrected chi connectivity index (χ4v) is 3.26. The molecule has 39 heavy (non-hydrogen) atoms. The van der Waals surface area contributed by atoms with E-state index < -0.39 is 64.0 Å². The van der Waals surface area contributed by atoms with Crippen LogP contribution in [0.5, 0.6) is 11.5 Å². The highest BCUT2D eigenvalue weighted by molar-refractivity contribution is 6.32. The minimum atomic E-state index is -4.89. The summed E-state index contributed by atoms with van der Waals surface area (Å²) < 4.78 is 64.7. The van der Waals surface area contributed by atoms with Crippen LogP contribution in [-0.4, -0.2) is 32.7 Å². The highest BCUT2D eigenvalue weighted by atomic mass is 35.5. The van der Waals surface area contributed by atoms with Crippen LogP contribution in [0.1, 0.15) is 21.5 Å². The zero-order chi connectivity index (χ0) is 28.9. The predicted molar refractivity (Wildman–Crippen MR) is 127 cm³/mol. The number of nitrogens with one attached hydrogen (secondary N) is 1. The summed E-state index contributed by atoms with van der Waals surface area (Å²) in [5, 5.41) is 13.7. The number of hydrogen-bond donors (Lipinski definition) is 2. The Morgan fingerprint density at radius 1 is 1.13 bits per heavy atom. The monoisotopic (exact) mass is 569 g/mol. The maximum absolute atomic E-state index is 13.5. The van der Waals surface area contributed by atoms with Gasteiger partial charge in [-0.2, -0.15) is 23.0 Å². The van der Waals surface area contributed by atoms with Gasteiger partial charge in [0.15, 0.2) is 6.73 Å². The number of carboxylic acid groups (broad SMARTS) is 1. The Bertz CT molecular complexity index is 1540. The van der Waals surface area contributed by atoms with Crippen LogP contribution in [0.2, 0.25) is 5.02 Å². The molecule has 0 aliphatic carbocycles. The van der Waals surface area contributed by atoms with Crippen molar-refractivity contribution in [3.63, 3.8) is 0 Å². The van der Waals surface area contributed by atoms with Crippen molar-refractivity contribution in [3.05, 3.63) is 92.6 Å².